The zero-order valence-electron chi connectivity index (χ0n) is 13.5. The Morgan fingerprint density at radius 2 is 2.14 bits per heavy atom. The quantitative estimate of drug-likeness (QED) is 0.853. The fourth-order valence-corrected chi connectivity index (χ4v) is 3.99. The molecule has 2 rings (SSSR count). The van der Waals surface area contributed by atoms with Crippen LogP contribution in [0.15, 0.2) is 23.1 Å². The smallest absolute Gasteiger partial charge is 0.227 e. The van der Waals surface area contributed by atoms with Crippen molar-refractivity contribution in [3.63, 3.8) is 0 Å². The summed E-state index contributed by atoms with van der Waals surface area (Å²) < 4.78 is 0. The Morgan fingerprint density at radius 3 is 2.81 bits per heavy atom. The highest BCUT2D eigenvalue weighted by Crippen LogP contribution is 2.37. The molecular formula is C17H26N2OS. The van der Waals surface area contributed by atoms with Crippen molar-refractivity contribution < 1.29 is 4.79 Å². The van der Waals surface area contributed by atoms with Crippen molar-refractivity contribution in [3.05, 3.63) is 18.2 Å². The predicted molar refractivity (Wildman–Crippen MR) is 91.8 cm³/mol. The average molecular weight is 306 g/mol. The van der Waals surface area contributed by atoms with E-state index in [1.807, 2.05) is 23.1 Å². The summed E-state index contributed by atoms with van der Waals surface area (Å²) in [5.41, 5.74) is 7.85. The number of hydrogen-bond acceptors (Lipinski definition) is 3. The number of carbonyl (C=O) groups excluding carboxylic acids is 1. The molecule has 1 aromatic rings. The fourth-order valence-electron chi connectivity index (χ4n) is 3.02. The van der Waals surface area contributed by atoms with Gasteiger partial charge in [0.2, 0.25) is 5.91 Å². The number of rotatable bonds is 3. The summed E-state index contributed by atoms with van der Waals surface area (Å²) in [6.07, 6.45) is 1.67. The molecule has 1 amide bonds. The van der Waals surface area contributed by atoms with E-state index >= 15 is 0 Å². The molecular weight excluding hydrogens is 280 g/mol. The lowest BCUT2D eigenvalue weighted by atomic mass is 9.84. The largest absolute Gasteiger partial charge is 0.399 e. The predicted octanol–water partition coefficient (Wildman–Crippen LogP) is 4.17. The topological polar surface area (TPSA) is 46.3 Å². The van der Waals surface area contributed by atoms with Crippen LogP contribution in [-0.2, 0) is 4.79 Å². The standard InChI is InChI=1S/C17H26N2OS/c1-12(11-17(2,3)4)9-16(20)19-7-8-21-15-6-5-13(18)10-14(15)19/h5-6,10,12H,7-9,11,18H2,1-4H3. The van der Waals surface area contributed by atoms with Crippen molar-refractivity contribution in [2.45, 2.75) is 45.4 Å². The van der Waals surface area contributed by atoms with Crippen LogP contribution in [0.5, 0.6) is 0 Å². The summed E-state index contributed by atoms with van der Waals surface area (Å²) >= 11 is 1.80. The summed E-state index contributed by atoms with van der Waals surface area (Å²) in [7, 11) is 0. The molecule has 0 bridgehead atoms. The van der Waals surface area contributed by atoms with Gasteiger partial charge in [-0.3, -0.25) is 4.79 Å². The molecule has 116 valence electrons. The molecule has 1 aliphatic rings. The van der Waals surface area contributed by atoms with Crippen molar-refractivity contribution in [1.82, 2.24) is 0 Å². The van der Waals surface area contributed by atoms with Crippen molar-refractivity contribution in [3.8, 4) is 0 Å². The van der Waals surface area contributed by atoms with Crippen LogP contribution < -0.4 is 10.6 Å². The first-order valence-electron chi connectivity index (χ1n) is 7.59. The monoisotopic (exact) mass is 306 g/mol. The number of anilines is 2. The zero-order valence-corrected chi connectivity index (χ0v) is 14.3. The lowest BCUT2D eigenvalue weighted by Crippen LogP contribution is -2.36. The molecule has 2 N–H and O–H groups in total. The Morgan fingerprint density at radius 1 is 1.43 bits per heavy atom. The van der Waals surface area contributed by atoms with E-state index < -0.39 is 0 Å². The third-order valence-electron chi connectivity index (χ3n) is 3.63. The number of hydrogen-bond donors (Lipinski definition) is 1. The molecule has 21 heavy (non-hydrogen) atoms. The van der Waals surface area contributed by atoms with Crippen LogP contribution in [-0.4, -0.2) is 18.2 Å². The van der Waals surface area contributed by atoms with Crippen molar-refractivity contribution in [2.75, 3.05) is 22.9 Å². The Kier molecular flexibility index (Phi) is 4.87. The SMILES string of the molecule is CC(CC(=O)N1CCSc2ccc(N)cc21)CC(C)(C)C. The number of nitrogen functional groups attached to an aromatic ring is 1. The Labute approximate surface area is 132 Å². The molecule has 0 saturated heterocycles. The van der Waals surface area contributed by atoms with Crippen molar-refractivity contribution in [2.24, 2.45) is 11.3 Å². The van der Waals surface area contributed by atoms with Gasteiger partial charge in [-0.05, 0) is 36.0 Å². The van der Waals surface area contributed by atoms with E-state index in [-0.39, 0.29) is 11.3 Å². The van der Waals surface area contributed by atoms with Crippen LogP contribution in [0.3, 0.4) is 0 Å². The van der Waals surface area contributed by atoms with E-state index in [9.17, 15) is 4.79 Å². The van der Waals surface area contributed by atoms with E-state index in [4.69, 9.17) is 5.73 Å². The minimum absolute atomic E-state index is 0.221. The minimum Gasteiger partial charge on any atom is -0.399 e. The van der Waals surface area contributed by atoms with Crippen molar-refractivity contribution >= 4 is 29.0 Å². The fraction of sp³-hybridized carbons (Fsp3) is 0.588. The van der Waals surface area contributed by atoms with Crippen LogP contribution in [0.1, 0.15) is 40.5 Å². The normalized spacial score (nSPS) is 16.5. The van der Waals surface area contributed by atoms with Gasteiger partial charge in [-0.25, -0.2) is 0 Å². The van der Waals surface area contributed by atoms with E-state index in [0.717, 1.165) is 35.0 Å². The van der Waals surface area contributed by atoms with Crippen LogP contribution in [0.25, 0.3) is 0 Å². The first kappa shape index (κ1) is 16.2. The first-order valence-corrected chi connectivity index (χ1v) is 8.57. The Bertz CT molecular complexity index is 522. The summed E-state index contributed by atoms with van der Waals surface area (Å²) in [5.74, 6) is 1.58. The van der Waals surface area contributed by atoms with Gasteiger partial charge in [0, 0.05) is 29.3 Å². The number of thioether (sulfide) groups is 1. The van der Waals surface area contributed by atoms with Crippen LogP contribution in [0.4, 0.5) is 11.4 Å². The third-order valence-corrected chi connectivity index (χ3v) is 4.67. The summed E-state index contributed by atoms with van der Waals surface area (Å²) in [5, 5.41) is 0. The molecule has 1 heterocycles. The number of carbonyl (C=O) groups is 1. The summed E-state index contributed by atoms with van der Waals surface area (Å²) in [4.78, 5) is 15.7. The van der Waals surface area contributed by atoms with Gasteiger partial charge in [-0.15, -0.1) is 11.8 Å². The molecule has 0 radical (unpaired) electrons. The summed E-state index contributed by atoms with van der Waals surface area (Å²) in [6, 6.07) is 5.85. The molecule has 0 saturated carbocycles. The molecule has 0 aliphatic carbocycles. The molecule has 0 aromatic heterocycles. The first-order chi connectivity index (χ1) is 9.76. The van der Waals surface area contributed by atoms with Crippen LogP contribution in [0, 0.1) is 11.3 Å². The van der Waals surface area contributed by atoms with E-state index in [1.165, 1.54) is 0 Å². The lowest BCUT2D eigenvalue weighted by Gasteiger charge is -2.31. The van der Waals surface area contributed by atoms with Gasteiger partial charge in [-0.1, -0.05) is 27.7 Å². The van der Waals surface area contributed by atoms with Crippen LogP contribution >= 0.6 is 11.8 Å². The summed E-state index contributed by atoms with van der Waals surface area (Å²) in [6.45, 7) is 9.62. The average Bonchev–Trinajstić information content (AvgIpc) is 2.35. The van der Waals surface area contributed by atoms with Crippen molar-refractivity contribution in [1.29, 1.82) is 0 Å². The molecule has 1 unspecified atom stereocenters. The van der Waals surface area contributed by atoms with Gasteiger partial charge in [0.05, 0.1) is 5.69 Å². The Balaban J connectivity index is 2.09. The van der Waals surface area contributed by atoms with Gasteiger partial charge in [0.1, 0.15) is 0 Å². The minimum atomic E-state index is 0.221. The number of amides is 1. The number of benzene rings is 1. The number of nitrogens with zero attached hydrogens (tertiary/aromatic N) is 1. The molecule has 1 atom stereocenters. The molecule has 0 fully saturated rings. The number of fused-ring (bicyclic) bond motifs is 1. The van der Waals surface area contributed by atoms with Gasteiger partial charge >= 0.3 is 0 Å². The maximum Gasteiger partial charge on any atom is 0.227 e. The second-order valence-corrected chi connectivity index (χ2v) is 8.33. The van der Waals surface area contributed by atoms with Gasteiger partial charge < -0.3 is 10.6 Å². The van der Waals surface area contributed by atoms with Gasteiger partial charge in [-0.2, -0.15) is 0 Å². The molecule has 4 heteroatoms. The van der Waals surface area contributed by atoms with E-state index in [0.29, 0.717) is 12.3 Å². The Hall–Kier alpha value is -1.16. The highest BCUT2D eigenvalue weighted by atomic mass is 32.2. The maximum atomic E-state index is 12.6. The van der Waals surface area contributed by atoms with E-state index in [1.54, 1.807) is 11.8 Å². The van der Waals surface area contributed by atoms with Gasteiger partial charge in [0.15, 0.2) is 0 Å². The second kappa shape index (κ2) is 6.30. The highest BCUT2D eigenvalue weighted by molar-refractivity contribution is 7.99. The molecule has 0 spiro atoms. The lowest BCUT2D eigenvalue weighted by molar-refractivity contribution is -0.119. The van der Waals surface area contributed by atoms with Crippen LogP contribution in [0.2, 0.25) is 0 Å². The van der Waals surface area contributed by atoms with Gasteiger partial charge in [0.25, 0.3) is 0 Å². The zero-order chi connectivity index (χ0) is 15.6. The highest BCUT2D eigenvalue weighted by Gasteiger charge is 2.25. The number of nitrogens with two attached hydrogens (primary N) is 1. The maximum absolute atomic E-state index is 12.6. The molecule has 3 nitrogen and oxygen atoms in total. The van der Waals surface area contributed by atoms with E-state index in [2.05, 4.69) is 27.7 Å². The third kappa shape index (κ3) is 4.40. The molecule has 1 aromatic carbocycles. The second-order valence-electron chi connectivity index (χ2n) is 7.20. The molecule has 1 aliphatic heterocycles.